The third kappa shape index (κ3) is 3.01. The van der Waals surface area contributed by atoms with Crippen LogP contribution in [0.3, 0.4) is 0 Å². The Hall–Kier alpha value is -0.860. The average Bonchev–Trinajstić information content (AvgIpc) is 2.85. The van der Waals surface area contributed by atoms with Crippen LogP contribution in [0.15, 0.2) is 18.2 Å². The highest BCUT2D eigenvalue weighted by Gasteiger charge is 2.31. The summed E-state index contributed by atoms with van der Waals surface area (Å²) in [5, 5.41) is 3.78. The van der Waals surface area contributed by atoms with Crippen molar-refractivity contribution >= 4 is 0 Å². The Balaban J connectivity index is 1.54. The van der Waals surface area contributed by atoms with E-state index in [0.717, 1.165) is 18.6 Å². The lowest BCUT2D eigenvalue weighted by Gasteiger charge is -2.35. The molecule has 2 saturated heterocycles. The Labute approximate surface area is 117 Å². The van der Waals surface area contributed by atoms with Crippen molar-refractivity contribution in [2.24, 2.45) is 0 Å². The summed E-state index contributed by atoms with van der Waals surface area (Å²) in [5.74, 6) is 0. The minimum atomic E-state index is 0.722. The van der Waals surface area contributed by atoms with Crippen molar-refractivity contribution in [2.45, 2.75) is 58.2 Å². The molecule has 2 nitrogen and oxygen atoms in total. The monoisotopic (exact) mass is 258 g/mol. The summed E-state index contributed by atoms with van der Waals surface area (Å²) in [7, 11) is 0. The Morgan fingerprint density at radius 2 is 2.11 bits per heavy atom. The van der Waals surface area contributed by atoms with Crippen LogP contribution in [0.1, 0.15) is 42.4 Å². The van der Waals surface area contributed by atoms with Crippen molar-refractivity contribution in [3.05, 3.63) is 34.9 Å². The molecule has 2 fully saturated rings. The fraction of sp³-hybridized carbons (Fsp3) is 0.647. The van der Waals surface area contributed by atoms with Gasteiger partial charge in [0, 0.05) is 18.6 Å². The van der Waals surface area contributed by atoms with Crippen LogP contribution in [0.2, 0.25) is 0 Å². The van der Waals surface area contributed by atoms with Crippen LogP contribution in [0.4, 0.5) is 0 Å². The fourth-order valence-corrected chi connectivity index (χ4v) is 3.71. The predicted octanol–water partition coefficient (Wildman–Crippen LogP) is 3.02. The molecule has 104 valence electrons. The van der Waals surface area contributed by atoms with E-state index in [1.807, 2.05) is 0 Å². The topological polar surface area (TPSA) is 15.3 Å². The number of fused-ring (bicyclic) bond motifs is 1. The number of nitrogens with zero attached hydrogens (tertiary/aromatic N) is 1. The Morgan fingerprint density at radius 3 is 2.95 bits per heavy atom. The second kappa shape index (κ2) is 5.64. The Kier molecular flexibility index (Phi) is 3.90. The molecular weight excluding hydrogens is 232 g/mol. The van der Waals surface area contributed by atoms with E-state index < -0.39 is 0 Å². The zero-order valence-electron chi connectivity index (χ0n) is 12.3. The van der Waals surface area contributed by atoms with Gasteiger partial charge in [-0.3, -0.25) is 0 Å². The highest BCUT2D eigenvalue weighted by molar-refractivity contribution is 5.30. The number of hydrogen-bond acceptors (Lipinski definition) is 2. The molecule has 0 radical (unpaired) electrons. The lowest BCUT2D eigenvalue weighted by Crippen LogP contribution is -2.45. The van der Waals surface area contributed by atoms with Gasteiger partial charge < -0.3 is 10.2 Å². The van der Waals surface area contributed by atoms with Gasteiger partial charge in [0.15, 0.2) is 0 Å². The van der Waals surface area contributed by atoms with Crippen molar-refractivity contribution in [1.29, 1.82) is 0 Å². The minimum absolute atomic E-state index is 0.722. The van der Waals surface area contributed by atoms with Crippen molar-refractivity contribution < 1.29 is 0 Å². The summed E-state index contributed by atoms with van der Waals surface area (Å²) in [4.78, 5) is 2.69. The molecule has 0 bridgehead atoms. The molecule has 2 aliphatic heterocycles. The number of nitrogens with one attached hydrogen (secondary N) is 1. The molecule has 2 unspecified atom stereocenters. The number of benzene rings is 1. The highest BCUT2D eigenvalue weighted by atomic mass is 15.2. The van der Waals surface area contributed by atoms with E-state index in [1.54, 1.807) is 0 Å². The lowest BCUT2D eigenvalue weighted by molar-refractivity contribution is 0.166. The van der Waals surface area contributed by atoms with Crippen LogP contribution in [0.5, 0.6) is 0 Å². The molecule has 2 heterocycles. The summed E-state index contributed by atoms with van der Waals surface area (Å²) in [5.41, 5.74) is 4.24. The largest absolute Gasteiger partial charge is 0.310 e. The van der Waals surface area contributed by atoms with Crippen LogP contribution in [-0.2, 0) is 6.54 Å². The molecule has 0 aromatic heterocycles. The van der Waals surface area contributed by atoms with Crippen LogP contribution in [0.25, 0.3) is 0 Å². The Bertz CT molecular complexity index is 441. The highest BCUT2D eigenvalue weighted by Crippen LogP contribution is 2.27. The summed E-state index contributed by atoms with van der Waals surface area (Å²) >= 11 is 0. The predicted molar refractivity (Wildman–Crippen MR) is 80.4 cm³/mol. The van der Waals surface area contributed by atoms with Gasteiger partial charge in [0.05, 0.1) is 0 Å². The van der Waals surface area contributed by atoms with Gasteiger partial charge >= 0.3 is 0 Å². The summed E-state index contributed by atoms with van der Waals surface area (Å²) in [6.45, 7) is 8.07. The molecule has 2 heteroatoms. The lowest BCUT2D eigenvalue weighted by atomic mass is 9.97. The SMILES string of the molecule is Cc1ccc(CNC2CCN3CCCC3C2)c(C)c1. The first-order chi connectivity index (χ1) is 9.22. The van der Waals surface area contributed by atoms with Crippen molar-refractivity contribution in [2.75, 3.05) is 13.1 Å². The maximum atomic E-state index is 3.78. The van der Waals surface area contributed by atoms with Crippen LogP contribution in [-0.4, -0.2) is 30.1 Å². The summed E-state index contributed by atoms with van der Waals surface area (Å²) in [6.07, 6.45) is 5.50. The standard InChI is InChI=1S/C17H26N2/c1-13-5-6-15(14(2)10-13)12-18-16-7-9-19-8-3-4-17(19)11-16/h5-6,10,16-18H,3-4,7-9,11-12H2,1-2H3. The van der Waals surface area contributed by atoms with Gasteiger partial charge in [-0.25, -0.2) is 0 Å². The van der Waals surface area contributed by atoms with E-state index in [-0.39, 0.29) is 0 Å². The van der Waals surface area contributed by atoms with Gasteiger partial charge in [-0.2, -0.15) is 0 Å². The van der Waals surface area contributed by atoms with E-state index in [0.29, 0.717) is 0 Å². The second-order valence-electron chi connectivity index (χ2n) is 6.36. The van der Waals surface area contributed by atoms with Crippen LogP contribution in [0, 0.1) is 13.8 Å². The van der Waals surface area contributed by atoms with E-state index in [2.05, 4.69) is 42.3 Å². The van der Waals surface area contributed by atoms with E-state index >= 15 is 0 Å². The molecule has 0 aliphatic carbocycles. The molecule has 1 aromatic carbocycles. The maximum absolute atomic E-state index is 3.78. The Morgan fingerprint density at radius 1 is 1.21 bits per heavy atom. The van der Waals surface area contributed by atoms with E-state index in [1.165, 1.54) is 55.5 Å². The van der Waals surface area contributed by atoms with E-state index in [9.17, 15) is 0 Å². The molecule has 0 saturated carbocycles. The van der Waals surface area contributed by atoms with Gasteiger partial charge in [-0.05, 0) is 63.7 Å². The van der Waals surface area contributed by atoms with Gasteiger partial charge in [0.2, 0.25) is 0 Å². The van der Waals surface area contributed by atoms with Crippen molar-refractivity contribution in [3.63, 3.8) is 0 Å². The first-order valence-corrected chi connectivity index (χ1v) is 7.76. The molecule has 19 heavy (non-hydrogen) atoms. The maximum Gasteiger partial charge on any atom is 0.0210 e. The fourth-order valence-electron chi connectivity index (χ4n) is 3.71. The smallest absolute Gasteiger partial charge is 0.0210 e. The first kappa shape index (κ1) is 13.1. The van der Waals surface area contributed by atoms with Crippen molar-refractivity contribution in [3.8, 4) is 0 Å². The summed E-state index contributed by atoms with van der Waals surface area (Å²) < 4.78 is 0. The normalized spacial score (nSPS) is 27.5. The third-order valence-corrected chi connectivity index (χ3v) is 4.90. The van der Waals surface area contributed by atoms with E-state index in [4.69, 9.17) is 0 Å². The third-order valence-electron chi connectivity index (χ3n) is 4.90. The zero-order chi connectivity index (χ0) is 13.2. The van der Waals surface area contributed by atoms with Gasteiger partial charge in [-0.1, -0.05) is 23.8 Å². The second-order valence-corrected chi connectivity index (χ2v) is 6.36. The molecule has 3 rings (SSSR count). The van der Waals surface area contributed by atoms with Gasteiger partial charge in [0.1, 0.15) is 0 Å². The number of rotatable bonds is 3. The number of hydrogen-bond donors (Lipinski definition) is 1. The summed E-state index contributed by atoms with van der Waals surface area (Å²) in [6, 6.07) is 8.38. The van der Waals surface area contributed by atoms with Crippen LogP contribution >= 0.6 is 0 Å². The molecular formula is C17H26N2. The molecule has 2 atom stereocenters. The minimum Gasteiger partial charge on any atom is -0.310 e. The van der Waals surface area contributed by atoms with Gasteiger partial charge in [0.25, 0.3) is 0 Å². The van der Waals surface area contributed by atoms with Crippen LogP contribution < -0.4 is 5.32 Å². The average molecular weight is 258 g/mol. The molecule has 0 amide bonds. The zero-order valence-corrected chi connectivity index (χ0v) is 12.3. The molecule has 0 spiro atoms. The first-order valence-electron chi connectivity index (χ1n) is 7.76. The molecule has 1 N–H and O–H groups in total. The number of aryl methyl sites for hydroxylation is 2. The number of piperidine rings is 1. The van der Waals surface area contributed by atoms with Crippen molar-refractivity contribution in [1.82, 2.24) is 10.2 Å². The molecule has 2 aliphatic rings. The molecule has 1 aromatic rings. The van der Waals surface area contributed by atoms with Gasteiger partial charge in [-0.15, -0.1) is 0 Å². The quantitative estimate of drug-likeness (QED) is 0.896.